The molecule has 2 amide bonds. The predicted molar refractivity (Wildman–Crippen MR) is 139 cm³/mol. The second-order valence-electron chi connectivity index (χ2n) is 10.8. The van der Waals surface area contributed by atoms with Gasteiger partial charge in [0, 0.05) is 32.1 Å². The smallest absolute Gasteiger partial charge is 0.246 e. The Morgan fingerprint density at radius 3 is 2.43 bits per heavy atom. The fourth-order valence-corrected chi connectivity index (χ4v) is 5.58. The van der Waals surface area contributed by atoms with Gasteiger partial charge >= 0.3 is 0 Å². The largest absolute Gasteiger partial charge is 0.462 e. The summed E-state index contributed by atoms with van der Waals surface area (Å²) in [6, 6.07) is 7.97. The molecule has 2 aliphatic heterocycles. The molecular formula is C29H41N3O3. The lowest BCUT2D eigenvalue weighted by atomic mass is 9.79. The molecule has 2 atom stereocenters. The third kappa shape index (κ3) is 5.64. The van der Waals surface area contributed by atoms with Crippen molar-refractivity contribution in [2.24, 2.45) is 5.92 Å². The van der Waals surface area contributed by atoms with Gasteiger partial charge in [0.1, 0.15) is 23.1 Å². The highest BCUT2D eigenvalue weighted by Crippen LogP contribution is 2.36. The first kappa shape index (κ1) is 25.5. The van der Waals surface area contributed by atoms with Gasteiger partial charge in [0.05, 0.1) is 0 Å². The fourth-order valence-electron chi connectivity index (χ4n) is 5.58. The molecule has 0 bridgehead atoms. The monoisotopic (exact) mass is 479 g/mol. The van der Waals surface area contributed by atoms with Gasteiger partial charge in [-0.3, -0.25) is 14.5 Å². The lowest BCUT2D eigenvalue weighted by Gasteiger charge is -2.54. The highest BCUT2D eigenvalue weighted by molar-refractivity contribution is 6.00. The van der Waals surface area contributed by atoms with E-state index < -0.39 is 11.6 Å². The van der Waals surface area contributed by atoms with E-state index in [-0.39, 0.29) is 17.9 Å². The fraction of sp³-hybridized carbons (Fsp3) is 0.586. The van der Waals surface area contributed by atoms with Gasteiger partial charge in [-0.25, -0.2) is 0 Å². The van der Waals surface area contributed by atoms with Gasteiger partial charge in [-0.05, 0) is 68.7 Å². The van der Waals surface area contributed by atoms with E-state index >= 15 is 0 Å². The maximum absolute atomic E-state index is 13.5. The Bertz CT molecular complexity index is 958. The van der Waals surface area contributed by atoms with Crippen LogP contribution < -0.4 is 10.1 Å². The molecule has 1 aromatic carbocycles. The molecule has 4 rings (SSSR count). The molecule has 1 aliphatic carbocycles. The number of amides is 2. The van der Waals surface area contributed by atoms with Gasteiger partial charge in [-0.1, -0.05) is 45.1 Å². The minimum atomic E-state index is -0.726. The van der Waals surface area contributed by atoms with Gasteiger partial charge in [0.15, 0.2) is 0 Å². The van der Waals surface area contributed by atoms with Gasteiger partial charge < -0.3 is 15.0 Å². The summed E-state index contributed by atoms with van der Waals surface area (Å²) >= 11 is 0. The Kier molecular flexibility index (Phi) is 8.00. The Hall–Kier alpha value is -2.60. The van der Waals surface area contributed by atoms with Crippen LogP contribution >= 0.6 is 0 Å². The van der Waals surface area contributed by atoms with Crippen LogP contribution in [0.5, 0.6) is 5.75 Å². The van der Waals surface area contributed by atoms with Crippen molar-refractivity contribution < 1.29 is 14.3 Å². The SMILES string of the molecule is CCC(C)N1C(=O)C(CC(C)C)NC(=O)C12CCN(Cc1ccc(OC3=CC=CCC3)cc1)CC2. The molecule has 0 radical (unpaired) electrons. The maximum Gasteiger partial charge on any atom is 0.246 e. The van der Waals surface area contributed by atoms with Gasteiger partial charge in [-0.15, -0.1) is 0 Å². The third-order valence-electron chi connectivity index (χ3n) is 7.70. The maximum atomic E-state index is 13.5. The zero-order chi connectivity index (χ0) is 25.0. The molecule has 0 saturated carbocycles. The quantitative estimate of drug-likeness (QED) is 0.582. The number of nitrogens with one attached hydrogen (secondary N) is 1. The lowest BCUT2D eigenvalue weighted by molar-refractivity contribution is -0.165. The van der Waals surface area contributed by atoms with Crippen LogP contribution in [-0.2, 0) is 16.1 Å². The van der Waals surface area contributed by atoms with E-state index in [2.05, 4.69) is 56.1 Å². The molecule has 2 unspecified atom stereocenters. The van der Waals surface area contributed by atoms with E-state index in [1.54, 1.807) is 0 Å². The minimum absolute atomic E-state index is 0.0380. The van der Waals surface area contributed by atoms with Crippen molar-refractivity contribution in [1.82, 2.24) is 15.1 Å². The summed E-state index contributed by atoms with van der Waals surface area (Å²) in [5.74, 6) is 2.36. The molecule has 0 aromatic heterocycles. The molecule has 190 valence electrons. The number of carbonyl (C=O) groups is 2. The van der Waals surface area contributed by atoms with Crippen LogP contribution in [0.25, 0.3) is 0 Å². The van der Waals surface area contributed by atoms with Crippen LogP contribution in [0.2, 0.25) is 0 Å². The Morgan fingerprint density at radius 2 is 1.83 bits per heavy atom. The number of hydrogen-bond donors (Lipinski definition) is 1. The predicted octanol–water partition coefficient (Wildman–Crippen LogP) is 4.81. The molecule has 3 aliphatic rings. The summed E-state index contributed by atoms with van der Waals surface area (Å²) in [4.78, 5) is 31.3. The van der Waals surface area contributed by atoms with E-state index in [0.717, 1.165) is 50.4 Å². The summed E-state index contributed by atoms with van der Waals surface area (Å²) in [6.45, 7) is 10.8. The summed E-state index contributed by atoms with van der Waals surface area (Å²) in [6.07, 6.45) is 11.1. The van der Waals surface area contributed by atoms with Crippen molar-refractivity contribution in [3.63, 3.8) is 0 Å². The summed E-state index contributed by atoms with van der Waals surface area (Å²) in [5, 5.41) is 3.10. The molecular weight excluding hydrogens is 438 g/mol. The number of ether oxygens (including phenoxy) is 1. The standard InChI is InChI=1S/C29H41N3O3/c1-5-22(4)32-27(33)26(19-21(2)3)30-28(34)29(32)15-17-31(18-16-29)20-23-11-13-25(14-12-23)35-24-9-7-6-8-10-24/h6-7,9,11-14,21-22,26H,5,8,10,15-20H2,1-4H3,(H,30,34). The van der Waals surface area contributed by atoms with Crippen LogP contribution in [0.15, 0.2) is 48.3 Å². The Labute approximate surface area is 210 Å². The number of nitrogens with zero attached hydrogens (tertiary/aromatic N) is 2. The Morgan fingerprint density at radius 1 is 1.11 bits per heavy atom. The van der Waals surface area contributed by atoms with Crippen LogP contribution in [-0.4, -0.2) is 52.3 Å². The zero-order valence-electron chi connectivity index (χ0n) is 21.8. The molecule has 2 heterocycles. The summed E-state index contributed by atoms with van der Waals surface area (Å²) in [5.41, 5.74) is 0.502. The summed E-state index contributed by atoms with van der Waals surface area (Å²) in [7, 11) is 0. The number of likely N-dealkylation sites (tertiary alicyclic amines) is 1. The average molecular weight is 480 g/mol. The van der Waals surface area contributed by atoms with Crippen LogP contribution in [0.4, 0.5) is 0 Å². The normalized spacial score (nSPS) is 23.4. The molecule has 2 saturated heterocycles. The van der Waals surface area contributed by atoms with Gasteiger partial charge in [0.2, 0.25) is 11.8 Å². The van der Waals surface area contributed by atoms with Crippen molar-refractivity contribution in [2.75, 3.05) is 13.1 Å². The van der Waals surface area contributed by atoms with E-state index in [4.69, 9.17) is 4.74 Å². The van der Waals surface area contributed by atoms with Crippen molar-refractivity contribution in [3.8, 4) is 5.75 Å². The minimum Gasteiger partial charge on any atom is -0.462 e. The van der Waals surface area contributed by atoms with Gasteiger partial charge in [0.25, 0.3) is 0 Å². The van der Waals surface area contributed by atoms with Crippen molar-refractivity contribution in [3.05, 3.63) is 53.8 Å². The number of piperazine rings is 1. The Balaban J connectivity index is 1.39. The number of piperidine rings is 1. The number of rotatable bonds is 8. The molecule has 1 spiro atoms. The van der Waals surface area contributed by atoms with Crippen molar-refractivity contribution in [1.29, 1.82) is 0 Å². The molecule has 2 fully saturated rings. The summed E-state index contributed by atoms with van der Waals surface area (Å²) < 4.78 is 5.99. The number of carbonyl (C=O) groups excluding carboxylic acids is 2. The number of hydrogen-bond acceptors (Lipinski definition) is 4. The molecule has 1 N–H and O–H groups in total. The van der Waals surface area contributed by atoms with Crippen LogP contribution in [0, 0.1) is 5.92 Å². The highest BCUT2D eigenvalue weighted by atomic mass is 16.5. The second kappa shape index (κ2) is 11.0. The van der Waals surface area contributed by atoms with E-state index in [1.165, 1.54) is 5.56 Å². The van der Waals surface area contributed by atoms with Crippen LogP contribution in [0.3, 0.4) is 0 Å². The third-order valence-corrected chi connectivity index (χ3v) is 7.70. The number of benzene rings is 1. The van der Waals surface area contributed by atoms with Gasteiger partial charge in [-0.2, -0.15) is 0 Å². The lowest BCUT2D eigenvalue weighted by Crippen LogP contribution is -2.74. The first-order valence-corrected chi connectivity index (χ1v) is 13.3. The van der Waals surface area contributed by atoms with Crippen LogP contribution in [0.1, 0.15) is 71.8 Å². The zero-order valence-corrected chi connectivity index (χ0v) is 21.8. The van der Waals surface area contributed by atoms with Crippen molar-refractivity contribution >= 4 is 11.8 Å². The molecule has 1 aromatic rings. The first-order chi connectivity index (χ1) is 16.8. The van der Waals surface area contributed by atoms with E-state index in [9.17, 15) is 9.59 Å². The topological polar surface area (TPSA) is 61.9 Å². The average Bonchev–Trinajstić information content (AvgIpc) is 2.85. The molecule has 6 heteroatoms. The molecule has 35 heavy (non-hydrogen) atoms. The van der Waals surface area contributed by atoms with E-state index in [1.807, 2.05) is 29.2 Å². The van der Waals surface area contributed by atoms with E-state index in [0.29, 0.717) is 25.2 Å². The highest BCUT2D eigenvalue weighted by Gasteiger charge is 2.54. The number of allylic oxidation sites excluding steroid dienone is 4. The second-order valence-corrected chi connectivity index (χ2v) is 10.8. The molecule has 6 nitrogen and oxygen atoms in total. The first-order valence-electron chi connectivity index (χ1n) is 13.3. The van der Waals surface area contributed by atoms with Crippen molar-refractivity contribution in [2.45, 2.75) is 90.4 Å².